The number of rotatable bonds is 7. The van der Waals surface area contributed by atoms with Gasteiger partial charge in [-0.1, -0.05) is 29.8 Å². The van der Waals surface area contributed by atoms with Crippen molar-refractivity contribution >= 4 is 34.6 Å². The molecule has 0 spiro atoms. The van der Waals surface area contributed by atoms with Crippen molar-refractivity contribution in [2.24, 2.45) is 0 Å². The Labute approximate surface area is 183 Å². The lowest BCUT2D eigenvalue weighted by Gasteiger charge is -2.31. The topological polar surface area (TPSA) is 37.0 Å². The predicted molar refractivity (Wildman–Crippen MR) is 123 cm³/mol. The monoisotopic (exact) mass is 433 g/mol. The molecular weight excluding hydrogens is 406 g/mol. The highest BCUT2D eigenvalue weighted by Gasteiger charge is 2.16. The molecule has 1 heterocycles. The van der Waals surface area contributed by atoms with E-state index >= 15 is 0 Å². The number of nitrogens with one attached hydrogen (secondary N) is 1. The lowest BCUT2D eigenvalue weighted by molar-refractivity contribution is 0.0358. The van der Waals surface area contributed by atoms with E-state index < -0.39 is 0 Å². The molecule has 1 aliphatic rings. The minimum atomic E-state index is 0.691. The van der Waals surface area contributed by atoms with E-state index in [1.54, 1.807) is 7.11 Å². The minimum Gasteiger partial charge on any atom is -0.497 e. The molecule has 1 aliphatic heterocycles. The van der Waals surface area contributed by atoms with Gasteiger partial charge in [0.05, 0.1) is 20.3 Å². The maximum atomic E-state index is 6.17. The fourth-order valence-corrected chi connectivity index (χ4v) is 3.65. The molecule has 0 radical (unpaired) electrons. The smallest absolute Gasteiger partial charge is 0.173 e. The molecular formula is C22H28ClN3O2S. The zero-order valence-corrected chi connectivity index (χ0v) is 18.6. The largest absolute Gasteiger partial charge is 0.497 e. The summed E-state index contributed by atoms with van der Waals surface area (Å²) >= 11 is 12.0. The van der Waals surface area contributed by atoms with Crippen LogP contribution in [-0.4, -0.2) is 61.4 Å². The van der Waals surface area contributed by atoms with Crippen molar-refractivity contribution in [3.05, 3.63) is 58.6 Å². The van der Waals surface area contributed by atoms with Gasteiger partial charge in [0.2, 0.25) is 0 Å². The van der Waals surface area contributed by atoms with Gasteiger partial charge in [-0.3, -0.25) is 4.90 Å². The molecule has 5 nitrogen and oxygen atoms in total. The first-order chi connectivity index (χ1) is 14.0. The van der Waals surface area contributed by atoms with Gasteiger partial charge in [-0.15, -0.1) is 0 Å². The van der Waals surface area contributed by atoms with Crippen LogP contribution in [0, 0.1) is 6.92 Å². The van der Waals surface area contributed by atoms with Gasteiger partial charge in [-0.25, -0.2) is 0 Å². The van der Waals surface area contributed by atoms with Crippen molar-refractivity contribution in [1.29, 1.82) is 0 Å². The number of hydrogen-bond donors (Lipinski definition) is 1. The second-order valence-corrected chi connectivity index (χ2v) is 7.94. The first-order valence-corrected chi connectivity index (χ1v) is 10.6. The Bertz CT molecular complexity index is 810. The third-order valence-electron chi connectivity index (χ3n) is 5.05. The highest BCUT2D eigenvalue weighted by molar-refractivity contribution is 7.80. The molecule has 1 fully saturated rings. The molecule has 0 aliphatic carbocycles. The molecule has 0 amide bonds. The van der Waals surface area contributed by atoms with Crippen LogP contribution < -0.4 is 10.1 Å². The van der Waals surface area contributed by atoms with E-state index in [0.29, 0.717) is 10.1 Å². The average Bonchev–Trinajstić information content (AvgIpc) is 2.74. The van der Waals surface area contributed by atoms with Crippen LogP contribution >= 0.6 is 23.8 Å². The number of benzene rings is 2. The molecule has 29 heavy (non-hydrogen) atoms. The first kappa shape index (κ1) is 21.8. The Hall–Kier alpha value is -1.86. The van der Waals surface area contributed by atoms with E-state index in [9.17, 15) is 0 Å². The van der Waals surface area contributed by atoms with Crippen molar-refractivity contribution in [3.8, 4) is 5.75 Å². The third-order valence-corrected chi connectivity index (χ3v) is 5.65. The molecule has 7 heteroatoms. The maximum Gasteiger partial charge on any atom is 0.173 e. The van der Waals surface area contributed by atoms with Crippen molar-refractivity contribution < 1.29 is 9.47 Å². The molecule has 0 atom stereocenters. The van der Waals surface area contributed by atoms with E-state index in [0.717, 1.165) is 62.9 Å². The van der Waals surface area contributed by atoms with Crippen LogP contribution in [0.4, 0.5) is 5.69 Å². The summed E-state index contributed by atoms with van der Waals surface area (Å²) in [4.78, 5) is 4.62. The number of anilines is 1. The van der Waals surface area contributed by atoms with Crippen LogP contribution in [0.15, 0.2) is 42.5 Å². The van der Waals surface area contributed by atoms with Crippen molar-refractivity contribution in [1.82, 2.24) is 9.80 Å². The number of ether oxygens (including phenoxy) is 2. The van der Waals surface area contributed by atoms with E-state index in [-0.39, 0.29) is 0 Å². The lowest BCUT2D eigenvalue weighted by atomic mass is 10.2. The van der Waals surface area contributed by atoms with Crippen molar-refractivity contribution in [2.75, 3.05) is 51.8 Å². The van der Waals surface area contributed by atoms with Gasteiger partial charge in [0, 0.05) is 43.4 Å². The highest BCUT2D eigenvalue weighted by atomic mass is 35.5. The lowest BCUT2D eigenvalue weighted by Crippen LogP contribution is -2.44. The number of hydrogen-bond acceptors (Lipinski definition) is 4. The summed E-state index contributed by atoms with van der Waals surface area (Å²) in [5, 5.41) is 4.77. The van der Waals surface area contributed by atoms with Crippen molar-refractivity contribution in [2.45, 2.75) is 13.5 Å². The summed E-state index contributed by atoms with van der Waals surface area (Å²) in [6.07, 6.45) is 0. The summed E-state index contributed by atoms with van der Waals surface area (Å²) < 4.78 is 10.7. The summed E-state index contributed by atoms with van der Waals surface area (Å²) in [5.74, 6) is 0.851. The zero-order chi connectivity index (χ0) is 20.6. The molecule has 1 N–H and O–H groups in total. The molecule has 3 rings (SSSR count). The van der Waals surface area contributed by atoms with E-state index in [4.69, 9.17) is 33.3 Å². The summed E-state index contributed by atoms with van der Waals surface area (Å²) in [6.45, 7) is 8.05. The number of halogens is 1. The third kappa shape index (κ3) is 6.57. The van der Waals surface area contributed by atoms with Crippen LogP contribution in [0.25, 0.3) is 0 Å². The number of nitrogens with zero attached hydrogens (tertiary/aromatic N) is 2. The normalized spacial score (nSPS) is 14.4. The standard InChI is InChI=1S/C22H28ClN3O2S/c1-17-3-6-19(23)15-21(17)24-22(29)26(10-9-25-11-13-28-14-12-25)16-18-4-7-20(27-2)8-5-18/h3-8,15H,9-14,16H2,1-2H3,(H,24,29). The molecule has 0 saturated carbocycles. The van der Waals surface area contributed by atoms with Gasteiger partial charge in [-0.05, 0) is 54.5 Å². The Morgan fingerprint density at radius 3 is 2.62 bits per heavy atom. The first-order valence-electron chi connectivity index (χ1n) is 9.80. The van der Waals surface area contributed by atoms with Gasteiger partial charge < -0.3 is 19.7 Å². The average molecular weight is 434 g/mol. The van der Waals surface area contributed by atoms with Crippen LogP contribution in [0.3, 0.4) is 0 Å². The van der Waals surface area contributed by atoms with Crippen LogP contribution in [0.5, 0.6) is 5.75 Å². The summed E-state index contributed by atoms with van der Waals surface area (Å²) in [7, 11) is 1.68. The second-order valence-electron chi connectivity index (χ2n) is 7.11. The fourth-order valence-electron chi connectivity index (χ4n) is 3.21. The van der Waals surface area contributed by atoms with Gasteiger partial charge >= 0.3 is 0 Å². The van der Waals surface area contributed by atoms with E-state index in [1.807, 2.05) is 37.3 Å². The molecule has 156 valence electrons. The number of thiocarbonyl (C=S) groups is 1. The molecule has 2 aromatic rings. The Morgan fingerprint density at radius 2 is 1.93 bits per heavy atom. The van der Waals surface area contributed by atoms with Crippen molar-refractivity contribution in [3.63, 3.8) is 0 Å². The van der Waals surface area contributed by atoms with Gasteiger partial charge in [0.25, 0.3) is 0 Å². The SMILES string of the molecule is COc1ccc(CN(CCN2CCOCC2)C(=S)Nc2cc(Cl)ccc2C)cc1. The Balaban J connectivity index is 1.70. The molecule has 0 unspecified atom stereocenters. The van der Waals surface area contributed by atoms with E-state index in [1.165, 1.54) is 5.56 Å². The van der Waals surface area contributed by atoms with Gasteiger partial charge in [0.1, 0.15) is 5.75 Å². The number of morpholine rings is 1. The Morgan fingerprint density at radius 1 is 1.21 bits per heavy atom. The summed E-state index contributed by atoms with van der Waals surface area (Å²) in [6, 6.07) is 13.9. The van der Waals surface area contributed by atoms with Crippen LogP contribution in [0.1, 0.15) is 11.1 Å². The molecule has 2 aromatic carbocycles. The quantitative estimate of drug-likeness (QED) is 0.660. The number of methoxy groups -OCH3 is 1. The maximum absolute atomic E-state index is 6.17. The van der Waals surface area contributed by atoms with Crippen LogP contribution in [-0.2, 0) is 11.3 Å². The minimum absolute atomic E-state index is 0.691. The predicted octanol–water partition coefficient (Wildman–Crippen LogP) is 4.19. The number of aryl methyl sites for hydroxylation is 1. The summed E-state index contributed by atoms with van der Waals surface area (Å²) in [5.41, 5.74) is 3.22. The second kappa shape index (κ2) is 10.8. The van der Waals surface area contributed by atoms with Gasteiger partial charge in [0.15, 0.2) is 5.11 Å². The molecule has 0 aromatic heterocycles. The van der Waals surface area contributed by atoms with Crippen LogP contribution in [0.2, 0.25) is 5.02 Å². The van der Waals surface area contributed by atoms with Gasteiger partial charge in [-0.2, -0.15) is 0 Å². The zero-order valence-electron chi connectivity index (χ0n) is 17.0. The Kier molecular flexibility index (Phi) is 8.12. The molecule has 1 saturated heterocycles. The highest BCUT2D eigenvalue weighted by Crippen LogP contribution is 2.21. The fraction of sp³-hybridized carbons (Fsp3) is 0.409. The molecule has 0 bridgehead atoms. The van der Waals surface area contributed by atoms with E-state index in [2.05, 4.69) is 27.2 Å².